The first-order valence-corrected chi connectivity index (χ1v) is 24.2. The molecule has 8 rings (SSSR count). The number of hydrogen-bond donors (Lipinski definition) is 10. The van der Waals surface area contributed by atoms with E-state index in [0.717, 1.165) is 44.9 Å². The molecule has 0 spiro atoms. The van der Waals surface area contributed by atoms with E-state index in [9.17, 15) is 60.7 Å². The number of aliphatic hydroxyl groups excluding tert-OH is 9. The Morgan fingerprint density at radius 2 is 1.32 bits per heavy atom. The molecule has 3 aliphatic heterocycles. The van der Waals surface area contributed by atoms with E-state index in [0.29, 0.717) is 19.3 Å². The molecule has 18 nitrogen and oxygen atoms in total. The molecule has 22 unspecified atom stereocenters. The monoisotopic (exact) mass is 941 g/mol. The Morgan fingerprint density at radius 1 is 0.682 bits per heavy atom. The normalized spacial score (nSPS) is 53.2. The molecule has 18 heteroatoms. The molecule has 23 atom stereocenters. The number of carbonyl (C=O) groups excluding carboxylic acids is 1. The van der Waals surface area contributed by atoms with Crippen molar-refractivity contribution in [3.63, 3.8) is 0 Å². The van der Waals surface area contributed by atoms with Gasteiger partial charge in [0.1, 0.15) is 61.0 Å². The number of carbonyl (C=O) groups is 2. The molecule has 0 aromatic carbocycles. The molecule has 10 N–H and O–H groups in total. The van der Waals surface area contributed by atoms with E-state index in [1.165, 1.54) is 12.5 Å². The molecule has 8 aliphatic rings. The second kappa shape index (κ2) is 17.5. The van der Waals surface area contributed by atoms with Crippen LogP contribution in [0.1, 0.15) is 120 Å². The van der Waals surface area contributed by atoms with Crippen molar-refractivity contribution < 1.29 is 89.1 Å². The molecule has 0 radical (unpaired) electrons. The fraction of sp³-hybridized carbons (Fsp3) is 0.917. The van der Waals surface area contributed by atoms with Crippen molar-refractivity contribution in [1.29, 1.82) is 0 Å². The molecule has 5 aliphatic carbocycles. The summed E-state index contributed by atoms with van der Waals surface area (Å²) >= 11 is 0. The van der Waals surface area contributed by atoms with E-state index in [1.54, 1.807) is 0 Å². The summed E-state index contributed by atoms with van der Waals surface area (Å²) in [6.07, 6.45) is -14.8. The summed E-state index contributed by atoms with van der Waals surface area (Å²) in [5.41, 5.74) is -0.862. The zero-order valence-corrected chi connectivity index (χ0v) is 39.6. The van der Waals surface area contributed by atoms with Gasteiger partial charge in [0.05, 0.1) is 24.2 Å². The van der Waals surface area contributed by atoms with Crippen LogP contribution in [0.3, 0.4) is 0 Å². The highest BCUT2D eigenvalue weighted by atomic mass is 16.7. The van der Waals surface area contributed by atoms with Gasteiger partial charge in [0, 0.05) is 0 Å². The third-order valence-electron chi connectivity index (χ3n) is 19.2. The van der Waals surface area contributed by atoms with Crippen molar-refractivity contribution >= 4 is 11.9 Å². The topological polar surface area (TPSA) is 292 Å². The molecule has 0 aromatic heterocycles. The van der Waals surface area contributed by atoms with Gasteiger partial charge < -0.3 is 79.5 Å². The van der Waals surface area contributed by atoms with Crippen LogP contribution in [-0.2, 0) is 38.0 Å². The quantitative estimate of drug-likeness (QED) is 0.0931. The van der Waals surface area contributed by atoms with Crippen molar-refractivity contribution in [3.05, 3.63) is 11.6 Å². The van der Waals surface area contributed by atoms with Crippen LogP contribution in [0.25, 0.3) is 0 Å². The Kier molecular flexibility index (Phi) is 13.4. The number of aliphatic hydroxyl groups is 9. The van der Waals surface area contributed by atoms with E-state index in [-0.39, 0.29) is 39.4 Å². The van der Waals surface area contributed by atoms with E-state index < -0.39 is 128 Å². The SMILES string of the molecule is CC1OC(OC2C(O)C(OC3CCC4(C)C(CCC5(C)C4CC=C4C6CC(C)(C)CCC6(C(=O)OC6OC(CO)C(O)C(O)C6O)CC[C@]45C)C3(C)C)OC(C(=O)O)C2O)C(O)C(O)C1O. The van der Waals surface area contributed by atoms with Gasteiger partial charge in [0.15, 0.2) is 18.7 Å². The summed E-state index contributed by atoms with van der Waals surface area (Å²) in [5, 5.41) is 106. The first-order chi connectivity index (χ1) is 30.7. The lowest BCUT2D eigenvalue weighted by molar-refractivity contribution is -0.363. The zero-order chi connectivity index (χ0) is 48.4. The van der Waals surface area contributed by atoms with Gasteiger partial charge in [-0.25, -0.2) is 4.79 Å². The van der Waals surface area contributed by atoms with Gasteiger partial charge in [0.2, 0.25) is 6.29 Å². The zero-order valence-electron chi connectivity index (χ0n) is 39.6. The molecule has 4 saturated carbocycles. The first kappa shape index (κ1) is 50.5. The second-order valence-corrected chi connectivity index (χ2v) is 23.5. The maximum Gasteiger partial charge on any atom is 0.335 e. The Labute approximate surface area is 386 Å². The third-order valence-corrected chi connectivity index (χ3v) is 19.2. The second-order valence-electron chi connectivity index (χ2n) is 23.5. The predicted octanol–water partition coefficient (Wildman–Crippen LogP) is 1.26. The van der Waals surface area contributed by atoms with Gasteiger partial charge in [-0.2, -0.15) is 0 Å². The molecule has 66 heavy (non-hydrogen) atoms. The molecule has 7 fully saturated rings. The van der Waals surface area contributed by atoms with Crippen molar-refractivity contribution in [1.82, 2.24) is 0 Å². The molecular formula is C48H76O18. The molecular weight excluding hydrogens is 865 g/mol. The largest absolute Gasteiger partial charge is 0.479 e. The highest BCUT2D eigenvalue weighted by Gasteiger charge is 2.70. The molecule has 0 amide bonds. The number of aliphatic carboxylic acids is 1. The standard InChI is InChI=1S/C48H76O18/c1-21-28(50)30(52)32(54)39(61-21)64-36-34(56)37(38(58)59)65-41(35(36)57)63-27-12-13-45(6)25(44(27,4)5)11-14-47(8)26(45)10-9-22-23-19-43(2,3)15-17-48(23,18-16-46(22,47)7)42(60)66-40-33(55)31(53)29(51)24(20-49)62-40/h9,21,23-37,39-41,49-57H,10-20H2,1-8H3,(H,58,59)/t21?,23?,24?,25?,26?,27?,28?,29?,30?,31?,32?,33?,34?,35?,36?,37?,39?,40?,41?,45?,46-,47?,48?/m1/s1. The minimum Gasteiger partial charge on any atom is -0.479 e. The summed E-state index contributed by atoms with van der Waals surface area (Å²) in [4.78, 5) is 27.1. The van der Waals surface area contributed by atoms with Crippen molar-refractivity contribution in [2.24, 2.45) is 50.2 Å². The van der Waals surface area contributed by atoms with E-state index >= 15 is 0 Å². The van der Waals surface area contributed by atoms with Crippen LogP contribution in [0.4, 0.5) is 0 Å². The molecule has 376 valence electrons. The number of esters is 1. The lowest BCUT2D eigenvalue weighted by Crippen LogP contribution is -2.67. The number of fused-ring (bicyclic) bond motifs is 7. The van der Waals surface area contributed by atoms with E-state index in [2.05, 4.69) is 54.5 Å². The Bertz CT molecular complexity index is 1860. The van der Waals surface area contributed by atoms with Crippen LogP contribution in [0.2, 0.25) is 0 Å². The maximum atomic E-state index is 14.7. The van der Waals surface area contributed by atoms with Gasteiger partial charge in [-0.15, -0.1) is 0 Å². The number of rotatable bonds is 8. The minimum absolute atomic E-state index is 0.0691. The fourth-order valence-electron chi connectivity index (χ4n) is 15.0. The maximum absolute atomic E-state index is 14.7. The summed E-state index contributed by atoms with van der Waals surface area (Å²) in [6.45, 7) is 16.7. The number of carboxylic acids is 1. The molecule has 3 heterocycles. The van der Waals surface area contributed by atoms with E-state index in [4.69, 9.17) is 28.4 Å². The summed E-state index contributed by atoms with van der Waals surface area (Å²) in [7, 11) is 0. The number of ether oxygens (including phenoxy) is 6. The lowest BCUT2D eigenvalue weighted by atomic mass is 9.33. The third kappa shape index (κ3) is 7.74. The van der Waals surface area contributed by atoms with Gasteiger partial charge in [-0.05, 0) is 116 Å². The summed E-state index contributed by atoms with van der Waals surface area (Å²) in [6, 6.07) is 0. The Hall–Kier alpha value is -1.88. The highest BCUT2D eigenvalue weighted by molar-refractivity contribution is 5.79. The van der Waals surface area contributed by atoms with Crippen molar-refractivity contribution in [2.75, 3.05) is 6.61 Å². The van der Waals surface area contributed by atoms with Crippen molar-refractivity contribution in [2.45, 2.75) is 218 Å². The molecule has 0 bridgehead atoms. The lowest BCUT2D eigenvalue weighted by Gasteiger charge is -2.71. The summed E-state index contributed by atoms with van der Waals surface area (Å²) < 4.78 is 35.4. The van der Waals surface area contributed by atoms with E-state index in [1.807, 2.05) is 0 Å². The van der Waals surface area contributed by atoms with Crippen LogP contribution in [0.15, 0.2) is 11.6 Å². The van der Waals surface area contributed by atoms with Crippen LogP contribution in [0.5, 0.6) is 0 Å². The Morgan fingerprint density at radius 3 is 1.98 bits per heavy atom. The van der Waals surface area contributed by atoms with Crippen LogP contribution in [0, 0.1) is 50.2 Å². The average molecular weight is 941 g/mol. The minimum atomic E-state index is -1.91. The molecule has 0 aromatic rings. The number of allylic oxidation sites excluding steroid dienone is 2. The number of carboxylic acid groups (broad SMARTS) is 1. The highest BCUT2D eigenvalue weighted by Crippen LogP contribution is 2.76. The van der Waals surface area contributed by atoms with Gasteiger partial charge >= 0.3 is 11.9 Å². The summed E-state index contributed by atoms with van der Waals surface area (Å²) in [5.74, 6) is -1.81. The van der Waals surface area contributed by atoms with Crippen LogP contribution >= 0.6 is 0 Å². The van der Waals surface area contributed by atoms with Gasteiger partial charge in [-0.3, -0.25) is 4.79 Å². The first-order valence-electron chi connectivity index (χ1n) is 24.2. The van der Waals surface area contributed by atoms with Gasteiger partial charge in [0.25, 0.3) is 0 Å². The number of hydrogen-bond acceptors (Lipinski definition) is 17. The van der Waals surface area contributed by atoms with Gasteiger partial charge in [-0.1, -0.05) is 60.1 Å². The Balaban J connectivity index is 1.03. The van der Waals surface area contributed by atoms with Crippen molar-refractivity contribution in [3.8, 4) is 0 Å². The molecule has 3 saturated heterocycles. The van der Waals surface area contributed by atoms with Crippen LogP contribution in [-0.4, -0.2) is 168 Å². The van der Waals surface area contributed by atoms with Crippen LogP contribution < -0.4 is 0 Å². The fourth-order valence-corrected chi connectivity index (χ4v) is 15.0. The predicted molar refractivity (Wildman–Crippen MR) is 229 cm³/mol. The smallest absolute Gasteiger partial charge is 0.335 e. The average Bonchev–Trinajstić information content (AvgIpc) is 3.25.